The molecule has 0 aliphatic carbocycles. The Morgan fingerprint density at radius 2 is 1.89 bits per heavy atom. The molecule has 0 aromatic rings. The molecule has 0 radical (unpaired) electrons. The lowest BCUT2D eigenvalue weighted by atomic mass is 9.89. The Morgan fingerprint density at radius 1 is 1.21 bits per heavy atom. The predicted octanol–water partition coefficient (Wildman–Crippen LogP) is 2.15. The highest BCUT2D eigenvalue weighted by Gasteiger charge is 2.32. The van der Waals surface area contributed by atoms with Gasteiger partial charge in [0.1, 0.15) is 6.79 Å². The van der Waals surface area contributed by atoms with Gasteiger partial charge in [0.15, 0.2) is 0 Å². The fourth-order valence-electron chi connectivity index (χ4n) is 2.33. The van der Waals surface area contributed by atoms with Gasteiger partial charge in [0.05, 0.1) is 53.4 Å². The van der Waals surface area contributed by atoms with Crippen LogP contribution in [0.1, 0.15) is 33.6 Å². The first-order valence-electron chi connectivity index (χ1n) is 9.95. The number of carbonyl (C=O) groups is 2. The molecule has 8 heteroatoms. The first-order valence-corrected chi connectivity index (χ1v) is 11.1. The van der Waals surface area contributed by atoms with Crippen molar-refractivity contribution in [3.63, 3.8) is 0 Å². The molecule has 1 N–H and O–H groups in total. The second kappa shape index (κ2) is 14.2. The van der Waals surface area contributed by atoms with Gasteiger partial charge in [0.25, 0.3) is 0 Å². The molecule has 0 bridgehead atoms. The summed E-state index contributed by atoms with van der Waals surface area (Å²) in [5.41, 5.74) is -0.637. The third kappa shape index (κ3) is 12.6. The van der Waals surface area contributed by atoms with Crippen LogP contribution in [0.3, 0.4) is 0 Å². The van der Waals surface area contributed by atoms with Gasteiger partial charge in [-0.3, -0.25) is 9.59 Å². The largest absolute Gasteiger partial charge is 0.469 e. The second-order valence-corrected chi connectivity index (χ2v) is 9.56. The van der Waals surface area contributed by atoms with E-state index in [1.54, 1.807) is 11.8 Å². The van der Waals surface area contributed by atoms with Gasteiger partial charge in [-0.1, -0.05) is 13.8 Å². The highest BCUT2D eigenvalue weighted by atomic mass is 32.2. The van der Waals surface area contributed by atoms with E-state index in [4.69, 9.17) is 14.2 Å². The van der Waals surface area contributed by atoms with Crippen LogP contribution in [-0.4, -0.2) is 89.2 Å². The van der Waals surface area contributed by atoms with Crippen molar-refractivity contribution < 1.29 is 28.3 Å². The average Bonchev–Trinajstić information content (AvgIpc) is 2.65. The van der Waals surface area contributed by atoms with Crippen molar-refractivity contribution in [2.45, 2.75) is 33.6 Å². The minimum absolute atomic E-state index is 0.0179. The molecule has 1 amide bonds. The van der Waals surface area contributed by atoms with Crippen LogP contribution in [0, 0.1) is 11.3 Å². The van der Waals surface area contributed by atoms with Crippen LogP contribution < -0.4 is 5.32 Å². The van der Waals surface area contributed by atoms with E-state index in [1.807, 2.05) is 20.8 Å². The maximum absolute atomic E-state index is 12.1. The van der Waals surface area contributed by atoms with Crippen molar-refractivity contribution in [2.24, 2.45) is 11.3 Å². The molecule has 7 nitrogen and oxygen atoms in total. The highest BCUT2D eigenvalue weighted by Crippen LogP contribution is 2.23. The topological polar surface area (TPSA) is 73.9 Å². The van der Waals surface area contributed by atoms with E-state index >= 15 is 0 Å². The van der Waals surface area contributed by atoms with Crippen LogP contribution in [0.4, 0.5) is 0 Å². The normalized spacial score (nSPS) is 15.0. The van der Waals surface area contributed by atoms with Gasteiger partial charge >= 0.3 is 5.97 Å². The van der Waals surface area contributed by atoms with Crippen LogP contribution in [-0.2, 0) is 23.8 Å². The summed E-state index contributed by atoms with van der Waals surface area (Å²) in [7, 11) is 7.83. The number of ether oxygens (including phenoxy) is 3. The highest BCUT2D eigenvalue weighted by molar-refractivity contribution is 7.99. The summed E-state index contributed by atoms with van der Waals surface area (Å²) < 4.78 is 16.6. The minimum atomic E-state index is -0.637. The number of nitrogens with zero attached hydrogens (tertiary/aromatic N) is 1. The van der Waals surface area contributed by atoms with Crippen LogP contribution in [0.2, 0.25) is 0 Å². The number of methoxy groups -OCH3 is 1. The number of quaternary nitrogens is 1. The molecule has 166 valence electrons. The first-order chi connectivity index (χ1) is 13.1. The lowest BCUT2D eigenvalue weighted by Crippen LogP contribution is -2.38. The zero-order valence-electron chi connectivity index (χ0n) is 18.8. The van der Waals surface area contributed by atoms with Crippen molar-refractivity contribution in [3.05, 3.63) is 0 Å². The Hall–Kier alpha value is -0.830. The van der Waals surface area contributed by atoms with Crippen LogP contribution in [0.25, 0.3) is 0 Å². The minimum Gasteiger partial charge on any atom is -0.469 e. The van der Waals surface area contributed by atoms with Crippen molar-refractivity contribution in [3.8, 4) is 0 Å². The van der Waals surface area contributed by atoms with Crippen LogP contribution in [0.15, 0.2) is 0 Å². The zero-order chi connectivity index (χ0) is 21.6. The quantitative estimate of drug-likeness (QED) is 0.178. The Balaban J connectivity index is 3.71. The molecule has 0 aromatic heterocycles. The van der Waals surface area contributed by atoms with E-state index in [2.05, 4.69) is 26.5 Å². The summed E-state index contributed by atoms with van der Waals surface area (Å²) in [6.45, 7) is 8.44. The van der Waals surface area contributed by atoms with Gasteiger partial charge in [-0.25, -0.2) is 0 Å². The molecule has 0 spiro atoms. The van der Waals surface area contributed by atoms with Crippen LogP contribution in [0.5, 0.6) is 0 Å². The Morgan fingerprint density at radius 3 is 2.46 bits per heavy atom. The molecule has 2 atom stereocenters. The van der Waals surface area contributed by atoms with Crippen molar-refractivity contribution in [1.29, 1.82) is 0 Å². The predicted molar refractivity (Wildman–Crippen MR) is 114 cm³/mol. The van der Waals surface area contributed by atoms with E-state index in [0.717, 1.165) is 35.5 Å². The summed E-state index contributed by atoms with van der Waals surface area (Å²) in [5, 5.41) is 3.01. The smallest absolute Gasteiger partial charge is 0.313 e. The molecule has 2 unspecified atom stereocenters. The van der Waals surface area contributed by atoms with Crippen molar-refractivity contribution in [1.82, 2.24) is 5.32 Å². The number of rotatable bonds is 16. The zero-order valence-corrected chi connectivity index (χ0v) is 19.7. The summed E-state index contributed by atoms with van der Waals surface area (Å²) in [4.78, 5) is 23.8. The molecule has 28 heavy (non-hydrogen) atoms. The first kappa shape index (κ1) is 27.2. The number of amides is 1. The molecular weight excluding hydrogens is 380 g/mol. The molecule has 0 aliphatic rings. The van der Waals surface area contributed by atoms with Crippen LogP contribution >= 0.6 is 11.8 Å². The second-order valence-electron chi connectivity index (χ2n) is 8.41. The van der Waals surface area contributed by atoms with Gasteiger partial charge in [0, 0.05) is 30.4 Å². The standard InChI is InChI=1S/C20H40N2O5S/c1-8-20(3,19(24)25-7)15-27-16-26-12-13-28-14-17(2)18(23)21-10-9-11-22(4,5)6/h17H,8-16H2,1-7H3/p+1. The lowest BCUT2D eigenvalue weighted by molar-refractivity contribution is -0.870. The van der Waals surface area contributed by atoms with Gasteiger partial charge in [-0.2, -0.15) is 11.8 Å². The van der Waals surface area contributed by atoms with E-state index in [9.17, 15) is 9.59 Å². The molecular formula is C20H41N2O5S+. The molecule has 0 aromatic carbocycles. The number of carbonyl (C=O) groups excluding carboxylic acids is 2. The summed E-state index contributed by atoms with van der Waals surface area (Å²) >= 11 is 1.69. The SMILES string of the molecule is CCC(C)(COCOCCSCC(C)C(=O)NCCC[N+](C)(C)C)C(=O)OC. The lowest BCUT2D eigenvalue weighted by Gasteiger charge is -2.24. The number of esters is 1. The molecule has 0 heterocycles. The van der Waals surface area contributed by atoms with E-state index < -0.39 is 5.41 Å². The fourth-order valence-corrected chi connectivity index (χ4v) is 3.24. The third-order valence-electron chi connectivity index (χ3n) is 4.54. The van der Waals surface area contributed by atoms with Crippen molar-refractivity contribution >= 4 is 23.6 Å². The molecule has 0 saturated carbocycles. The number of nitrogens with one attached hydrogen (secondary N) is 1. The summed E-state index contributed by atoms with van der Waals surface area (Å²) in [5.74, 6) is 1.39. The van der Waals surface area contributed by atoms with Gasteiger partial charge in [-0.15, -0.1) is 0 Å². The fraction of sp³-hybridized carbons (Fsp3) is 0.900. The number of thioether (sulfide) groups is 1. The molecule has 0 fully saturated rings. The maximum Gasteiger partial charge on any atom is 0.313 e. The molecule has 0 rings (SSSR count). The third-order valence-corrected chi connectivity index (χ3v) is 5.73. The maximum atomic E-state index is 12.1. The van der Waals surface area contributed by atoms with Gasteiger partial charge in [0.2, 0.25) is 5.91 Å². The Labute approximate surface area is 175 Å². The summed E-state index contributed by atoms with van der Waals surface area (Å²) in [6, 6.07) is 0. The van der Waals surface area contributed by atoms with Gasteiger partial charge < -0.3 is 24.0 Å². The summed E-state index contributed by atoms with van der Waals surface area (Å²) in [6.07, 6.45) is 1.63. The molecule has 0 saturated heterocycles. The van der Waals surface area contributed by atoms with Gasteiger partial charge in [-0.05, 0) is 13.3 Å². The van der Waals surface area contributed by atoms with Crippen molar-refractivity contribution in [2.75, 3.05) is 72.9 Å². The Bertz CT molecular complexity index is 456. The molecule has 0 aliphatic heterocycles. The van der Waals surface area contributed by atoms with E-state index in [-0.39, 0.29) is 31.2 Å². The number of hydrogen-bond donors (Lipinski definition) is 1. The number of hydrogen-bond acceptors (Lipinski definition) is 6. The van der Waals surface area contributed by atoms with E-state index in [1.165, 1.54) is 7.11 Å². The monoisotopic (exact) mass is 421 g/mol. The Kier molecular flexibility index (Phi) is 13.8. The average molecular weight is 422 g/mol. The van der Waals surface area contributed by atoms with E-state index in [0.29, 0.717) is 13.0 Å².